The highest BCUT2D eigenvalue weighted by molar-refractivity contribution is 5.38. The second-order valence-corrected chi connectivity index (χ2v) is 4.78. The van der Waals surface area contributed by atoms with E-state index in [0.717, 1.165) is 12.3 Å². The van der Waals surface area contributed by atoms with E-state index in [4.69, 9.17) is 4.74 Å². The molecule has 2 atom stereocenters. The molecule has 0 aliphatic rings. The molecule has 1 aromatic carbocycles. The summed E-state index contributed by atoms with van der Waals surface area (Å²) in [6.07, 6.45) is 1.20. The summed E-state index contributed by atoms with van der Waals surface area (Å²) in [5.41, 5.74) is 2.57. The minimum Gasteiger partial charge on any atom is -0.496 e. The molecule has 1 aromatic rings. The Hall–Kier alpha value is -1.02. The van der Waals surface area contributed by atoms with Gasteiger partial charge in [-0.1, -0.05) is 32.4 Å². The number of methoxy groups -OCH3 is 1. The number of rotatable bonds is 6. The van der Waals surface area contributed by atoms with Crippen molar-refractivity contribution in [2.45, 2.75) is 33.1 Å². The van der Waals surface area contributed by atoms with Gasteiger partial charge in [-0.3, -0.25) is 0 Å². The minimum absolute atomic E-state index is 0.555. The standard InChI is InChI=1S/C15H25NO/c1-6-11(2)14(10-16-4)13-8-7-12(3)15(9-13)17-5/h7-9,11,14,16H,6,10H2,1-5H3. The van der Waals surface area contributed by atoms with Crippen LogP contribution < -0.4 is 10.1 Å². The average molecular weight is 235 g/mol. The van der Waals surface area contributed by atoms with Gasteiger partial charge in [0.1, 0.15) is 5.75 Å². The summed E-state index contributed by atoms with van der Waals surface area (Å²) in [6, 6.07) is 6.56. The molecule has 96 valence electrons. The molecule has 0 fully saturated rings. The van der Waals surface area contributed by atoms with E-state index in [0.29, 0.717) is 11.8 Å². The molecule has 2 nitrogen and oxygen atoms in total. The molecule has 0 radical (unpaired) electrons. The molecule has 0 aliphatic carbocycles. The van der Waals surface area contributed by atoms with E-state index >= 15 is 0 Å². The molecule has 1 rings (SSSR count). The van der Waals surface area contributed by atoms with E-state index in [2.05, 4.69) is 44.3 Å². The summed E-state index contributed by atoms with van der Waals surface area (Å²) >= 11 is 0. The van der Waals surface area contributed by atoms with Gasteiger partial charge in [-0.15, -0.1) is 0 Å². The summed E-state index contributed by atoms with van der Waals surface area (Å²) in [4.78, 5) is 0. The van der Waals surface area contributed by atoms with Crippen LogP contribution in [0.1, 0.15) is 37.3 Å². The SMILES string of the molecule is CCC(C)C(CNC)c1ccc(C)c(OC)c1. The second kappa shape index (κ2) is 6.65. The maximum atomic E-state index is 5.41. The first-order chi connectivity index (χ1) is 8.13. The van der Waals surface area contributed by atoms with Crippen molar-refractivity contribution in [1.82, 2.24) is 5.32 Å². The summed E-state index contributed by atoms with van der Waals surface area (Å²) in [6.45, 7) is 7.66. The predicted molar refractivity (Wildman–Crippen MR) is 73.9 cm³/mol. The summed E-state index contributed by atoms with van der Waals surface area (Å²) in [7, 11) is 3.75. The maximum Gasteiger partial charge on any atom is 0.122 e. The van der Waals surface area contributed by atoms with E-state index in [1.165, 1.54) is 17.5 Å². The van der Waals surface area contributed by atoms with Crippen LogP contribution >= 0.6 is 0 Å². The van der Waals surface area contributed by atoms with E-state index in [1.807, 2.05) is 7.05 Å². The van der Waals surface area contributed by atoms with Gasteiger partial charge in [-0.25, -0.2) is 0 Å². The molecule has 2 heteroatoms. The lowest BCUT2D eigenvalue weighted by molar-refractivity contribution is 0.404. The van der Waals surface area contributed by atoms with E-state index < -0.39 is 0 Å². The van der Waals surface area contributed by atoms with Gasteiger partial charge in [-0.05, 0) is 43.0 Å². The fourth-order valence-corrected chi connectivity index (χ4v) is 2.22. The Kier molecular flexibility index (Phi) is 5.49. The third-order valence-electron chi connectivity index (χ3n) is 3.62. The largest absolute Gasteiger partial charge is 0.496 e. The van der Waals surface area contributed by atoms with Crippen LogP contribution in [-0.2, 0) is 0 Å². The molecule has 0 amide bonds. The van der Waals surface area contributed by atoms with Crippen LogP contribution in [-0.4, -0.2) is 20.7 Å². The molecule has 0 saturated carbocycles. The van der Waals surface area contributed by atoms with Crippen LogP contribution in [0.5, 0.6) is 5.75 Å². The third kappa shape index (κ3) is 3.47. The Morgan fingerprint density at radius 1 is 1.35 bits per heavy atom. The number of nitrogens with one attached hydrogen (secondary N) is 1. The minimum atomic E-state index is 0.555. The lowest BCUT2D eigenvalue weighted by Crippen LogP contribution is -2.22. The van der Waals surface area contributed by atoms with E-state index in [9.17, 15) is 0 Å². The molecule has 17 heavy (non-hydrogen) atoms. The Labute approximate surface area is 105 Å². The molecule has 0 saturated heterocycles. The molecular formula is C15H25NO. The number of ether oxygens (including phenoxy) is 1. The normalized spacial score (nSPS) is 14.4. The van der Waals surface area contributed by atoms with Crippen molar-refractivity contribution >= 4 is 0 Å². The zero-order valence-electron chi connectivity index (χ0n) is 11.7. The van der Waals surface area contributed by atoms with Crippen molar-refractivity contribution in [2.75, 3.05) is 20.7 Å². The first-order valence-corrected chi connectivity index (χ1v) is 6.43. The van der Waals surface area contributed by atoms with Gasteiger partial charge in [0.15, 0.2) is 0 Å². The molecule has 1 N–H and O–H groups in total. The van der Waals surface area contributed by atoms with Crippen LogP contribution in [0.15, 0.2) is 18.2 Å². The van der Waals surface area contributed by atoms with Crippen LogP contribution in [0, 0.1) is 12.8 Å². The zero-order valence-corrected chi connectivity index (χ0v) is 11.7. The quantitative estimate of drug-likeness (QED) is 0.816. The zero-order chi connectivity index (χ0) is 12.8. The fourth-order valence-electron chi connectivity index (χ4n) is 2.22. The van der Waals surface area contributed by atoms with Gasteiger partial charge in [0, 0.05) is 6.54 Å². The monoisotopic (exact) mass is 235 g/mol. The molecule has 2 unspecified atom stereocenters. The lowest BCUT2D eigenvalue weighted by atomic mass is 9.85. The highest BCUT2D eigenvalue weighted by atomic mass is 16.5. The van der Waals surface area contributed by atoms with Crippen molar-refractivity contribution in [2.24, 2.45) is 5.92 Å². The Morgan fingerprint density at radius 2 is 2.06 bits per heavy atom. The van der Waals surface area contributed by atoms with Gasteiger partial charge in [0.05, 0.1) is 7.11 Å². The maximum absolute atomic E-state index is 5.41. The molecule has 0 bridgehead atoms. The summed E-state index contributed by atoms with van der Waals surface area (Å²) in [5.74, 6) is 2.22. The topological polar surface area (TPSA) is 21.3 Å². The van der Waals surface area contributed by atoms with Crippen LogP contribution in [0.2, 0.25) is 0 Å². The van der Waals surface area contributed by atoms with Gasteiger partial charge in [-0.2, -0.15) is 0 Å². The van der Waals surface area contributed by atoms with Crippen molar-refractivity contribution in [3.8, 4) is 5.75 Å². The molecule has 0 aliphatic heterocycles. The van der Waals surface area contributed by atoms with Gasteiger partial charge >= 0.3 is 0 Å². The Morgan fingerprint density at radius 3 is 2.59 bits per heavy atom. The first-order valence-electron chi connectivity index (χ1n) is 6.43. The fraction of sp³-hybridized carbons (Fsp3) is 0.600. The van der Waals surface area contributed by atoms with Crippen LogP contribution in [0.25, 0.3) is 0 Å². The smallest absolute Gasteiger partial charge is 0.122 e. The van der Waals surface area contributed by atoms with Gasteiger partial charge in [0.2, 0.25) is 0 Å². The van der Waals surface area contributed by atoms with Crippen LogP contribution in [0.3, 0.4) is 0 Å². The molecular weight excluding hydrogens is 210 g/mol. The number of benzene rings is 1. The summed E-state index contributed by atoms with van der Waals surface area (Å²) < 4.78 is 5.41. The highest BCUT2D eigenvalue weighted by Gasteiger charge is 2.18. The third-order valence-corrected chi connectivity index (χ3v) is 3.62. The van der Waals surface area contributed by atoms with Gasteiger partial charge in [0.25, 0.3) is 0 Å². The Bertz CT molecular complexity index is 349. The number of hydrogen-bond donors (Lipinski definition) is 1. The van der Waals surface area contributed by atoms with E-state index in [1.54, 1.807) is 7.11 Å². The van der Waals surface area contributed by atoms with Crippen molar-refractivity contribution in [3.63, 3.8) is 0 Å². The second-order valence-electron chi connectivity index (χ2n) is 4.78. The van der Waals surface area contributed by atoms with Crippen molar-refractivity contribution < 1.29 is 4.74 Å². The van der Waals surface area contributed by atoms with Crippen molar-refractivity contribution in [1.29, 1.82) is 0 Å². The highest BCUT2D eigenvalue weighted by Crippen LogP contribution is 2.30. The van der Waals surface area contributed by atoms with Crippen molar-refractivity contribution in [3.05, 3.63) is 29.3 Å². The lowest BCUT2D eigenvalue weighted by Gasteiger charge is -2.24. The summed E-state index contributed by atoms with van der Waals surface area (Å²) in [5, 5.41) is 3.29. The van der Waals surface area contributed by atoms with Crippen LogP contribution in [0.4, 0.5) is 0 Å². The van der Waals surface area contributed by atoms with Gasteiger partial charge < -0.3 is 10.1 Å². The number of likely N-dealkylation sites (N-methyl/N-ethyl adjacent to an activating group) is 1. The predicted octanol–water partition coefficient (Wildman–Crippen LogP) is 3.35. The molecule has 0 spiro atoms. The first kappa shape index (κ1) is 14.0. The molecule has 0 aromatic heterocycles. The number of aryl methyl sites for hydroxylation is 1. The Balaban J connectivity index is 3.01. The molecule has 0 heterocycles. The number of hydrogen-bond acceptors (Lipinski definition) is 2. The van der Waals surface area contributed by atoms with E-state index in [-0.39, 0.29) is 0 Å². The average Bonchev–Trinajstić information content (AvgIpc) is 2.36.